The number of hydrogen-bond donors (Lipinski definition) is 0. The first-order valence-corrected chi connectivity index (χ1v) is 14.5. The van der Waals surface area contributed by atoms with Gasteiger partial charge in [-0.2, -0.15) is 0 Å². The van der Waals surface area contributed by atoms with Gasteiger partial charge >= 0.3 is 18.5 Å². The summed E-state index contributed by atoms with van der Waals surface area (Å²) in [5, 5.41) is 0. The van der Waals surface area contributed by atoms with Crippen molar-refractivity contribution in [1.82, 2.24) is 0 Å². The number of ether oxygens (including phenoxy) is 6. The van der Waals surface area contributed by atoms with E-state index in [9.17, 15) is 14.4 Å². The van der Waals surface area contributed by atoms with E-state index >= 15 is 0 Å². The molecule has 0 aliphatic heterocycles. The predicted molar refractivity (Wildman–Crippen MR) is 179 cm³/mol. The van der Waals surface area contributed by atoms with Crippen LogP contribution in [0.5, 0.6) is 34.5 Å². The molecule has 0 aromatic heterocycles. The van der Waals surface area contributed by atoms with Crippen molar-refractivity contribution in [2.45, 2.75) is 0 Å². The quantitative estimate of drug-likeness (QED) is 0.130. The van der Waals surface area contributed by atoms with E-state index in [1.165, 1.54) is 0 Å². The lowest BCUT2D eigenvalue weighted by Gasteiger charge is -2.04. The molecule has 6 aromatic rings. The molecule has 0 unspecified atom stereocenters. The number of rotatable bonds is 6. The van der Waals surface area contributed by atoms with Crippen LogP contribution in [0.4, 0.5) is 14.4 Å². The van der Waals surface area contributed by atoms with E-state index in [-0.39, 0.29) is 0 Å². The molecule has 0 saturated carbocycles. The van der Waals surface area contributed by atoms with Crippen molar-refractivity contribution in [3.63, 3.8) is 0 Å². The normalized spacial score (nSPS) is 9.50. The standard InChI is InChI=1S/3C13H10O3/c3*14-13(15-11-7-3-1-4-8-11)16-12-9-5-2-6-10-12/h3*1-10H. The summed E-state index contributed by atoms with van der Waals surface area (Å²) in [7, 11) is 0. The average Bonchev–Trinajstić information content (AvgIpc) is 3.11. The van der Waals surface area contributed by atoms with Crippen LogP contribution in [0.1, 0.15) is 0 Å². The van der Waals surface area contributed by atoms with E-state index in [1.807, 2.05) is 36.4 Å². The van der Waals surface area contributed by atoms with Gasteiger partial charge in [0.2, 0.25) is 0 Å². The summed E-state index contributed by atoms with van der Waals surface area (Å²) >= 11 is 0. The highest BCUT2D eigenvalue weighted by Gasteiger charge is 2.08. The minimum Gasteiger partial charge on any atom is -0.395 e. The monoisotopic (exact) mass is 642 g/mol. The third-order valence-electron chi connectivity index (χ3n) is 5.67. The minimum atomic E-state index is -0.739. The number of hydrogen-bond acceptors (Lipinski definition) is 9. The van der Waals surface area contributed by atoms with Gasteiger partial charge in [0.05, 0.1) is 0 Å². The zero-order chi connectivity index (χ0) is 33.7. The molecule has 0 heterocycles. The fourth-order valence-electron chi connectivity index (χ4n) is 3.57. The lowest BCUT2D eigenvalue weighted by molar-refractivity contribution is 0.150. The fraction of sp³-hybridized carbons (Fsp3) is 0. The lowest BCUT2D eigenvalue weighted by atomic mass is 10.3. The van der Waals surface area contributed by atoms with E-state index in [0.29, 0.717) is 34.5 Å². The molecule has 0 saturated heterocycles. The van der Waals surface area contributed by atoms with Crippen LogP contribution >= 0.6 is 0 Å². The molecule has 0 spiro atoms. The van der Waals surface area contributed by atoms with Gasteiger partial charge in [0.1, 0.15) is 34.5 Å². The topological polar surface area (TPSA) is 107 Å². The van der Waals surface area contributed by atoms with Crippen LogP contribution in [0.2, 0.25) is 0 Å². The first kappa shape index (κ1) is 34.0. The van der Waals surface area contributed by atoms with E-state index < -0.39 is 18.5 Å². The first-order chi connectivity index (χ1) is 23.5. The largest absolute Gasteiger partial charge is 0.519 e. The van der Waals surface area contributed by atoms with E-state index in [4.69, 9.17) is 28.4 Å². The molecule has 0 N–H and O–H groups in total. The molecule has 0 aliphatic rings. The molecular formula is C39H30O9. The molecule has 6 aromatic carbocycles. The third kappa shape index (κ3) is 13.4. The summed E-state index contributed by atoms with van der Waals surface area (Å²) in [4.78, 5) is 34.0. The van der Waals surface area contributed by atoms with Crippen LogP contribution in [0.15, 0.2) is 182 Å². The molecule has 9 heteroatoms. The van der Waals surface area contributed by atoms with Crippen LogP contribution in [-0.4, -0.2) is 18.5 Å². The van der Waals surface area contributed by atoms with Gasteiger partial charge < -0.3 is 28.4 Å². The van der Waals surface area contributed by atoms with Crippen molar-refractivity contribution < 1.29 is 42.8 Å². The lowest BCUT2D eigenvalue weighted by Crippen LogP contribution is -2.13. The molecule has 0 radical (unpaired) electrons. The van der Waals surface area contributed by atoms with Crippen molar-refractivity contribution in [2.75, 3.05) is 0 Å². The number of para-hydroxylation sites is 6. The Bertz CT molecular complexity index is 1440. The molecule has 6 rings (SSSR count). The van der Waals surface area contributed by atoms with Crippen LogP contribution in [-0.2, 0) is 0 Å². The van der Waals surface area contributed by atoms with Crippen molar-refractivity contribution >= 4 is 18.5 Å². The van der Waals surface area contributed by atoms with Crippen molar-refractivity contribution in [3.05, 3.63) is 182 Å². The van der Waals surface area contributed by atoms with Gasteiger partial charge in [0, 0.05) is 0 Å². The summed E-state index contributed by atoms with van der Waals surface area (Å²) in [6, 6.07) is 52.7. The second-order valence-electron chi connectivity index (χ2n) is 9.24. The number of benzene rings is 6. The Balaban J connectivity index is 0.000000163. The third-order valence-corrected chi connectivity index (χ3v) is 5.67. The molecule has 0 amide bonds. The van der Waals surface area contributed by atoms with Gasteiger partial charge in [-0.05, 0) is 72.8 Å². The Hall–Kier alpha value is -6.87. The SMILES string of the molecule is O=C(Oc1ccccc1)Oc1ccccc1.O=C(Oc1ccccc1)Oc1ccccc1.O=C(Oc1ccccc1)Oc1ccccc1. The Kier molecular flexibility index (Phi) is 13.8. The minimum absolute atomic E-state index is 0.462. The van der Waals surface area contributed by atoms with Gasteiger partial charge in [-0.1, -0.05) is 109 Å². The van der Waals surface area contributed by atoms with Crippen LogP contribution in [0.3, 0.4) is 0 Å². The predicted octanol–water partition coefficient (Wildman–Crippen LogP) is 9.79. The summed E-state index contributed by atoms with van der Waals surface area (Å²) in [5.41, 5.74) is 0. The number of carbonyl (C=O) groups excluding carboxylic acids is 3. The van der Waals surface area contributed by atoms with Crippen molar-refractivity contribution in [3.8, 4) is 34.5 Å². The summed E-state index contributed by atoms with van der Waals surface area (Å²) in [5.74, 6) is 2.77. The Labute approximate surface area is 277 Å². The Morgan fingerprint density at radius 2 is 0.354 bits per heavy atom. The molecule has 48 heavy (non-hydrogen) atoms. The Morgan fingerprint density at radius 1 is 0.229 bits per heavy atom. The highest BCUT2D eigenvalue weighted by atomic mass is 16.7. The van der Waals surface area contributed by atoms with Gasteiger partial charge in [0.25, 0.3) is 0 Å². The maximum Gasteiger partial charge on any atom is 0.519 e. The molecule has 0 atom stereocenters. The molecule has 0 aliphatic carbocycles. The highest BCUT2D eigenvalue weighted by Crippen LogP contribution is 2.15. The van der Waals surface area contributed by atoms with Crippen molar-refractivity contribution in [2.24, 2.45) is 0 Å². The zero-order valence-corrected chi connectivity index (χ0v) is 25.5. The second kappa shape index (κ2) is 19.5. The summed E-state index contributed by atoms with van der Waals surface area (Å²) in [6.45, 7) is 0. The van der Waals surface area contributed by atoms with Crippen LogP contribution in [0.25, 0.3) is 0 Å². The van der Waals surface area contributed by atoms with Gasteiger partial charge in [0.15, 0.2) is 0 Å². The molecule has 0 bridgehead atoms. The van der Waals surface area contributed by atoms with E-state index in [2.05, 4.69) is 0 Å². The average molecular weight is 643 g/mol. The van der Waals surface area contributed by atoms with E-state index in [0.717, 1.165) is 0 Å². The van der Waals surface area contributed by atoms with Gasteiger partial charge in [-0.25, -0.2) is 14.4 Å². The Morgan fingerprint density at radius 3 is 0.479 bits per heavy atom. The van der Waals surface area contributed by atoms with Gasteiger partial charge in [-0.15, -0.1) is 0 Å². The molecular weight excluding hydrogens is 612 g/mol. The molecule has 240 valence electrons. The molecule has 9 nitrogen and oxygen atoms in total. The molecule has 0 fully saturated rings. The smallest absolute Gasteiger partial charge is 0.395 e. The number of carbonyl (C=O) groups is 3. The van der Waals surface area contributed by atoms with E-state index in [1.54, 1.807) is 146 Å². The summed E-state index contributed by atoms with van der Waals surface area (Å²) in [6.07, 6.45) is -2.22. The maximum absolute atomic E-state index is 11.3. The summed E-state index contributed by atoms with van der Waals surface area (Å²) < 4.78 is 29.7. The zero-order valence-electron chi connectivity index (χ0n) is 25.5. The van der Waals surface area contributed by atoms with Crippen molar-refractivity contribution in [1.29, 1.82) is 0 Å². The van der Waals surface area contributed by atoms with Gasteiger partial charge in [-0.3, -0.25) is 0 Å². The second-order valence-corrected chi connectivity index (χ2v) is 9.24. The first-order valence-electron chi connectivity index (χ1n) is 14.5. The highest BCUT2D eigenvalue weighted by molar-refractivity contribution is 5.68. The maximum atomic E-state index is 11.3. The van der Waals surface area contributed by atoms with Crippen LogP contribution < -0.4 is 28.4 Å². The fourth-order valence-corrected chi connectivity index (χ4v) is 3.57. The van der Waals surface area contributed by atoms with Crippen LogP contribution in [0, 0.1) is 0 Å².